The molecule has 1 saturated carbocycles. The molecular formula is C25H37ClO5S. The number of carbonyl (C=O) groups excluding carboxylic acids is 1. The van der Waals surface area contributed by atoms with Crippen LogP contribution in [0, 0.1) is 5.92 Å². The van der Waals surface area contributed by atoms with E-state index in [1.165, 1.54) is 11.8 Å². The van der Waals surface area contributed by atoms with Crippen LogP contribution in [-0.2, 0) is 9.59 Å². The summed E-state index contributed by atoms with van der Waals surface area (Å²) in [6.07, 6.45) is 6.84. The predicted octanol–water partition coefficient (Wildman–Crippen LogP) is 5.45. The van der Waals surface area contributed by atoms with Crippen LogP contribution in [0.5, 0.6) is 0 Å². The molecule has 1 aromatic carbocycles. The summed E-state index contributed by atoms with van der Waals surface area (Å²) in [5, 5.41) is 30.5. The Morgan fingerprint density at radius 2 is 1.81 bits per heavy atom. The quantitative estimate of drug-likeness (QED) is 0.286. The molecule has 1 aliphatic carbocycles. The molecule has 0 saturated heterocycles. The summed E-state index contributed by atoms with van der Waals surface area (Å²) in [6.45, 7) is 2.13. The van der Waals surface area contributed by atoms with Crippen LogP contribution in [0.1, 0.15) is 82.6 Å². The highest BCUT2D eigenvalue weighted by Crippen LogP contribution is 2.37. The topological polar surface area (TPSA) is 94.8 Å². The number of aliphatic hydroxyl groups is 2. The van der Waals surface area contributed by atoms with Crippen LogP contribution in [0.15, 0.2) is 24.3 Å². The number of benzene rings is 1. The van der Waals surface area contributed by atoms with Gasteiger partial charge in [0.1, 0.15) is 5.78 Å². The van der Waals surface area contributed by atoms with Gasteiger partial charge in [0.2, 0.25) is 0 Å². The molecule has 0 aromatic heterocycles. The van der Waals surface area contributed by atoms with Crippen LogP contribution in [-0.4, -0.2) is 50.3 Å². The third-order valence-electron chi connectivity index (χ3n) is 6.30. The number of aliphatic hydroxyl groups excluding tert-OH is 2. The monoisotopic (exact) mass is 484 g/mol. The lowest BCUT2D eigenvalue weighted by molar-refractivity contribution is -0.139. The molecule has 0 aliphatic heterocycles. The molecule has 2 rings (SSSR count). The molecule has 0 radical (unpaired) electrons. The van der Waals surface area contributed by atoms with E-state index in [0.717, 1.165) is 50.5 Å². The smallest absolute Gasteiger partial charge is 0.310 e. The molecule has 0 heterocycles. The fourth-order valence-corrected chi connectivity index (χ4v) is 6.01. The van der Waals surface area contributed by atoms with E-state index in [1.54, 1.807) is 24.3 Å². The molecule has 0 bridgehead atoms. The van der Waals surface area contributed by atoms with Crippen molar-refractivity contribution < 1.29 is 24.9 Å². The first-order valence-corrected chi connectivity index (χ1v) is 13.2. The lowest BCUT2D eigenvalue weighted by Gasteiger charge is -2.22. The van der Waals surface area contributed by atoms with Gasteiger partial charge in [0.05, 0.1) is 18.1 Å². The van der Waals surface area contributed by atoms with Gasteiger partial charge in [-0.3, -0.25) is 9.59 Å². The first kappa shape index (κ1) is 27.2. The number of rotatable bonds is 15. The van der Waals surface area contributed by atoms with E-state index < -0.39 is 24.1 Å². The summed E-state index contributed by atoms with van der Waals surface area (Å²) in [4.78, 5) is 24.1. The highest BCUT2D eigenvalue weighted by Gasteiger charge is 2.41. The van der Waals surface area contributed by atoms with Crippen molar-refractivity contribution in [1.82, 2.24) is 0 Å². The number of halogens is 1. The minimum absolute atomic E-state index is 0.111. The van der Waals surface area contributed by atoms with Crippen molar-refractivity contribution in [2.24, 2.45) is 5.92 Å². The van der Waals surface area contributed by atoms with Gasteiger partial charge in [-0.05, 0) is 37.0 Å². The van der Waals surface area contributed by atoms with Crippen LogP contribution in [0.3, 0.4) is 0 Å². The van der Waals surface area contributed by atoms with Crippen molar-refractivity contribution in [2.45, 2.75) is 94.5 Å². The van der Waals surface area contributed by atoms with Crippen molar-refractivity contribution in [2.75, 3.05) is 5.75 Å². The van der Waals surface area contributed by atoms with Gasteiger partial charge >= 0.3 is 5.97 Å². The molecule has 0 spiro atoms. The third kappa shape index (κ3) is 8.69. The van der Waals surface area contributed by atoms with Crippen LogP contribution in [0.4, 0.5) is 0 Å². The number of aliphatic carboxylic acids is 1. The van der Waals surface area contributed by atoms with E-state index >= 15 is 0 Å². The second-order valence-electron chi connectivity index (χ2n) is 8.87. The molecule has 180 valence electrons. The van der Waals surface area contributed by atoms with Gasteiger partial charge in [0, 0.05) is 28.4 Å². The first-order valence-electron chi connectivity index (χ1n) is 11.8. The van der Waals surface area contributed by atoms with Crippen LogP contribution < -0.4 is 0 Å². The number of Topliss-reactive ketones (excluding diaryl/α,β-unsaturated/α-hetero) is 1. The Kier molecular flexibility index (Phi) is 12.1. The lowest BCUT2D eigenvalue weighted by atomic mass is 9.92. The van der Waals surface area contributed by atoms with Crippen LogP contribution in [0.2, 0.25) is 5.02 Å². The fraction of sp³-hybridized carbons (Fsp3) is 0.680. The molecule has 1 aliphatic rings. The maximum Gasteiger partial charge on any atom is 0.310 e. The molecular weight excluding hydrogens is 448 g/mol. The van der Waals surface area contributed by atoms with E-state index in [1.807, 2.05) is 0 Å². The van der Waals surface area contributed by atoms with Crippen molar-refractivity contribution >= 4 is 35.1 Å². The number of hydrogen-bond donors (Lipinski definition) is 3. The van der Waals surface area contributed by atoms with Gasteiger partial charge in [-0.25, -0.2) is 0 Å². The van der Waals surface area contributed by atoms with Crippen molar-refractivity contribution in [3.8, 4) is 0 Å². The highest BCUT2D eigenvalue weighted by molar-refractivity contribution is 8.00. The summed E-state index contributed by atoms with van der Waals surface area (Å²) in [7, 11) is 0. The summed E-state index contributed by atoms with van der Waals surface area (Å²) in [5.41, 5.74) is 0.755. The van der Waals surface area contributed by atoms with Gasteiger partial charge in [-0.1, -0.05) is 69.2 Å². The number of carboxylic acids is 1. The largest absolute Gasteiger partial charge is 0.481 e. The van der Waals surface area contributed by atoms with Gasteiger partial charge in [0.15, 0.2) is 0 Å². The summed E-state index contributed by atoms with van der Waals surface area (Å²) in [5.74, 6) is -0.907. The van der Waals surface area contributed by atoms with Gasteiger partial charge in [-0.2, -0.15) is 11.8 Å². The average Bonchev–Trinajstić information content (AvgIpc) is 3.02. The average molecular weight is 485 g/mol. The molecule has 5 atom stereocenters. The van der Waals surface area contributed by atoms with Crippen LogP contribution >= 0.6 is 23.4 Å². The van der Waals surface area contributed by atoms with E-state index in [0.29, 0.717) is 23.6 Å². The summed E-state index contributed by atoms with van der Waals surface area (Å²) >= 11 is 7.43. The number of hydrogen-bond acceptors (Lipinski definition) is 5. The van der Waals surface area contributed by atoms with Crippen molar-refractivity contribution in [1.29, 1.82) is 0 Å². The fourth-order valence-electron chi connectivity index (χ4n) is 4.43. The standard InChI is InChI=1S/C25H37ClO5S/c1-2-3-5-8-19(27)16-32-24-21(22(28)15-23(24)29)10-7-4-6-9-20(25(30)31)17-11-13-18(26)14-12-17/h11-14,19-21,23-24,27,29H,2-10,15-16H2,1H3,(H,30,31)/t19?,20?,21-,23?,24+/m0/s1. The van der Waals surface area contributed by atoms with Gasteiger partial charge in [-0.15, -0.1) is 0 Å². The second kappa shape index (κ2) is 14.2. The number of thioether (sulfide) groups is 1. The predicted molar refractivity (Wildman–Crippen MR) is 130 cm³/mol. The van der Waals surface area contributed by atoms with Crippen LogP contribution in [0.25, 0.3) is 0 Å². The maximum absolute atomic E-state index is 12.4. The molecule has 0 amide bonds. The zero-order valence-electron chi connectivity index (χ0n) is 18.9. The Balaban J connectivity index is 1.76. The minimum Gasteiger partial charge on any atom is -0.481 e. The Morgan fingerprint density at radius 1 is 1.12 bits per heavy atom. The summed E-state index contributed by atoms with van der Waals surface area (Å²) < 4.78 is 0. The highest BCUT2D eigenvalue weighted by atomic mass is 35.5. The SMILES string of the molecule is CCCCCC(O)CS[C@H]1C(O)CC(=O)[C@@H]1CCCCCC(C(=O)O)c1ccc(Cl)cc1. The van der Waals surface area contributed by atoms with Gasteiger partial charge in [0.25, 0.3) is 0 Å². The first-order chi connectivity index (χ1) is 15.3. The van der Waals surface area contributed by atoms with E-state index in [-0.39, 0.29) is 23.4 Å². The zero-order valence-corrected chi connectivity index (χ0v) is 20.5. The lowest BCUT2D eigenvalue weighted by Crippen LogP contribution is -2.26. The number of carboxylic acid groups (broad SMARTS) is 1. The molecule has 3 unspecified atom stereocenters. The molecule has 5 nitrogen and oxygen atoms in total. The Morgan fingerprint density at radius 3 is 2.47 bits per heavy atom. The number of carbonyl (C=O) groups is 2. The normalized spacial score (nSPS) is 22.8. The third-order valence-corrected chi connectivity index (χ3v) is 8.16. The number of ketones is 1. The Bertz CT molecular complexity index is 711. The van der Waals surface area contributed by atoms with E-state index in [4.69, 9.17) is 11.6 Å². The molecule has 7 heteroatoms. The molecule has 1 fully saturated rings. The maximum atomic E-state index is 12.4. The molecule has 3 N–H and O–H groups in total. The summed E-state index contributed by atoms with van der Waals surface area (Å²) in [6, 6.07) is 6.95. The van der Waals surface area contributed by atoms with Crippen molar-refractivity contribution in [3.05, 3.63) is 34.9 Å². The van der Waals surface area contributed by atoms with Gasteiger partial charge < -0.3 is 15.3 Å². The number of unbranched alkanes of at least 4 members (excludes halogenated alkanes) is 4. The molecule has 1 aromatic rings. The zero-order chi connectivity index (χ0) is 23.5. The van der Waals surface area contributed by atoms with E-state index in [9.17, 15) is 24.9 Å². The Hall–Kier alpha value is -1.08. The second-order valence-corrected chi connectivity index (χ2v) is 10.5. The van der Waals surface area contributed by atoms with Crippen molar-refractivity contribution in [3.63, 3.8) is 0 Å². The van der Waals surface area contributed by atoms with E-state index in [2.05, 4.69) is 6.92 Å². The Labute approximate surface area is 200 Å². The molecule has 32 heavy (non-hydrogen) atoms. The minimum atomic E-state index is -0.838.